The van der Waals surface area contributed by atoms with E-state index in [2.05, 4.69) is 21.3 Å². The molecule has 0 saturated carbocycles. The van der Waals surface area contributed by atoms with Gasteiger partial charge >= 0.3 is 0 Å². The normalized spacial score (nSPS) is 10.7. The van der Waals surface area contributed by atoms with E-state index in [1.54, 1.807) is 30.3 Å². The van der Waals surface area contributed by atoms with Gasteiger partial charge in [-0.15, -0.1) is 0 Å². The van der Waals surface area contributed by atoms with Crippen LogP contribution in [0.1, 0.15) is 31.3 Å². The molecule has 9 heteroatoms. The standard InChI is InChI=1S/C20H24N4O5/c1-20(2,3)19(28)24-14-8-6-13(7-9-14)23-17(26)12-21-16(25)11-22-18(27)15-5-4-10-29-15/h4-10H,11-12H2,1-3H3,(H,21,25)(H,22,27)(H,23,26)(H,24,28). The second-order valence-electron chi connectivity index (χ2n) is 7.27. The number of hydrogen-bond donors (Lipinski definition) is 4. The van der Waals surface area contributed by atoms with Crippen molar-refractivity contribution in [3.8, 4) is 0 Å². The molecule has 0 aliphatic rings. The van der Waals surface area contributed by atoms with Gasteiger partial charge in [-0.05, 0) is 36.4 Å². The second-order valence-corrected chi connectivity index (χ2v) is 7.27. The first kappa shape index (κ1) is 21.7. The number of furan rings is 1. The molecule has 2 rings (SSSR count). The van der Waals surface area contributed by atoms with Gasteiger partial charge < -0.3 is 25.7 Å². The summed E-state index contributed by atoms with van der Waals surface area (Å²) in [7, 11) is 0. The zero-order chi connectivity index (χ0) is 21.4. The Morgan fingerprint density at radius 2 is 1.41 bits per heavy atom. The summed E-state index contributed by atoms with van der Waals surface area (Å²) in [6, 6.07) is 9.65. The molecule has 9 nitrogen and oxygen atoms in total. The van der Waals surface area contributed by atoms with E-state index in [-0.39, 0.29) is 24.8 Å². The molecule has 0 atom stereocenters. The van der Waals surface area contributed by atoms with Gasteiger partial charge in [0.25, 0.3) is 5.91 Å². The van der Waals surface area contributed by atoms with Crippen LogP contribution >= 0.6 is 0 Å². The minimum Gasteiger partial charge on any atom is -0.459 e. The van der Waals surface area contributed by atoms with E-state index in [1.807, 2.05) is 20.8 Å². The molecule has 154 valence electrons. The SMILES string of the molecule is CC(C)(C)C(=O)Nc1ccc(NC(=O)CNC(=O)CNC(=O)c2ccco2)cc1. The fraction of sp³-hybridized carbons (Fsp3) is 0.300. The number of carbonyl (C=O) groups is 4. The molecular formula is C20H24N4O5. The predicted molar refractivity (Wildman–Crippen MR) is 107 cm³/mol. The van der Waals surface area contributed by atoms with Gasteiger partial charge in [-0.25, -0.2) is 0 Å². The van der Waals surface area contributed by atoms with E-state index >= 15 is 0 Å². The molecule has 29 heavy (non-hydrogen) atoms. The van der Waals surface area contributed by atoms with Crippen molar-refractivity contribution in [2.45, 2.75) is 20.8 Å². The van der Waals surface area contributed by atoms with Gasteiger partial charge in [-0.2, -0.15) is 0 Å². The van der Waals surface area contributed by atoms with E-state index in [9.17, 15) is 19.2 Å². The lowest BCUT2D eigenvalue weighted by Crippen LogP contribution is -2.40. The first-order valence-corrected chi connectivity index (χ1v) is 8.95. The average Bonchev–Trinajstić information content (AvgIpc) is 3.20. The number of nitrogens with one attached hydrogen (secondary N) is 4. The number of anilines is 2. The summed E-state index contributed by atoms with van der Waals surface area (Å²) in [4.78, 5) is 47.3. The van der Waals surface area contributed by atoms with Crippen LogP contribution in [0.3, 0.4) is 0 Å². The second kappa shape index (κ2) is 9.54. The molecule has 0 saturated heterocycles. The topological polar surface area (TPSA) is 130 Å². The summed E-state index contributed by atoms with van der Waals surface area (Å²) >= 11 is 0. The lowest BCUT2D eigenvalue weighted by atomic mass is 9.95. The molecule has 4 amide bonds. The molecule has 0 spiro atoms. The van der Waals surface area contributed by atoms with Crippen molar-refractivity contribution in [1.29, 1.82) is 0 Å². The monoisotopic (exact) mass is 400 g/mol. The number of hydrogen-bond acceptors (Lipinski definition) is 5. The van der Waals surface area contributed by atoms with E-state index in [1.165, 1.54) is 12.3 Å². The van der Waals surface area contributed by atoms with Gasteiger partial charge in [0.1, 0.15) is 0 Å². The average molecular weight is 400 g/mol. The lowest BCUT2D eigenvalue weighted by Gasteiger charge is -2.17. The first-order valence-electron chi connectivity index (χ1n) is 8.95. The molecular weight excluding hydrogens is 376 g/mol. The highest BCUT2D eigenvalue weighted by Gasteiger charge is 2.21. The Balaban J connectivity index is 1.72. The number of benzene rings is 1. The van der Waals surface area contributed by atoms with Gasteiger partial charge in [0.2, 0.25) is 17.7 Å². The zero-order valence-corrected chi connectivity index (χ0v) is 16.5. The third kappa shape index (κ3) is 7.13. The number of rotatable bonds is 7. The van der Waals surface area contributed by atoms with Crippen molar-refractivity contribution in [3.05, 3.63) is 48.4 Å². The number of carbonyl (C=O) groups excluding carboxylic acids is 4. The highest BCUT2D eigenvalue weighted by atomic mass is 16.3. The highest BCUT2D eigenvalue weighted by molar-refractivity contribution is 5.97. The van der Waals surface area contributed by atoms with Crippen molar-refractivity contribution in [3.63, 3.8) is 0 Å². The fourth-order valence-electron chi connectivity index (χ4n) is 2.06. The predicted octanol–water partition coefficient (Wildman–Crippen LogP) is 1.75. The Morgan fingerprint density at radius 3 is 1.97 bits per heavy atom. The van der Waals surface area contributed by atoms with Crippen LogP contribution < -0.4 is 21.3 Å². The highest BCUT2D eigenvalue weighted by Crippen LogP contribution is 2.19. The van der Waals surface area contributed by atoms with Crippen molar-refractivity contribution < 1.29 is 23.6 Å². The lowest BCUT2D eigenvalue weighted by molar-refractivity contribution is -0.123. The van der Waals surface area contributed by atoms with Crippen LogP contribution in [-0.2, 0) is 14.4 Å². The molecule has 1 heterocycles. The Labute approximate surface area is 168 Å². The van der Waals surface area contributed by atoms with E-state index in [4.69, 9.17) is 4.42 Å². The summed E-state index contributed by atoms with van der Waals surface area (Å²) in [6.07, 6.45) is 1.35. The van der Waals surface area contributed by atoms with Gasteiger partial charge in [0.15, 0.2) is 5.76 Å². The maximum atomic E-state index is 12.0. The van der Waals surface area contributed by atoms with E-state index in [0.29, 0.717) is 11.4 Å². The minimum absolute atomic E-state index is 0.0951. The van der Waals surface area contributed by atoms with Gasteiger partial charge in [0.05, 0.1) is 19.4 Å². The zero-order valence-electron chi connectivity index (χ0n) is 16.5. The molecule has 0 fully saturated rings. The van der Waals surface area contributed by atoms with E-state index < -0.39 is 23.1 Å². The third-order valence-electron chi connectivity index (χ3n) is 3.71. The van der Waals surface area contributed by atoms with E-state index in [0.717, 1.165) is 0 Å². The summed E-state index contributed by atoms with van der Waals surface area (Å²) in [5.74, 6) is -1.48. The van der Waals surface area contributed by atoms with Crippen LogP contribution in [0.4, 0.5) is 11.4 Å². The van der Waals surface area contributed by atoms with Crippen LogP contribution in [0.2, 0.25) is 0 Å². The summed E-state index contributed by atoms with van der Waals surface area (Å²) < 4.78 is 4.91. The van der Waals surface area contributed by atoms with Crippen molar-refractivity contribution >= 4 is 35.0 Å². The number of amides is 4. The summed E-state index contributed by atoms with van der Waals surface area (Å²) in [5.41, 5.74) is 0.621. The fourth-order valence-corrected chi connectivity index (χ4v) is 2.06. The maximum Gasteiger partial charge on any atom is 0.287 e. The van der Waals surface area contributed by atoms with Crippen molar-refractivity contribution in [1.82, 2.24) is 10.6 Å². The first-order chi connectivity index (χ1) is 13.6. The molecule has 0 aliphatic heterocycles. The van der Waals surface area contributed by atoms with Crippen LogP contribution in [0.5, 0.6) is 0 Å². The molecule has 0 bridgehead atoms. The third-order valence-corrected chi connectivity index (χ3v) is 3.71. The van der Waals surface area contributed by atoms with Gasteiger partial charge in [-0.3, -0.25) is 19.2 Å². The Kier molecular flexibility index (Phi) is 7.13. The molecule has 0 unspecified atom stereocenters. The summed E-state index contributed by atoms with van der Waals surface area (Å²) in [5, 5.41) is 10.2. The largest absolute Gasteiger partial charge is 0.459 e. The Hall–Kier alpha value is -3.62. The van der Waals surface area contributed by atoms with Crippen molar-refractivity contribution in [2.75, 3.05) is 23.7 Å². The van der Waals surface area contributed by atoms with Crippen LogP contribution in [0.25, 0.3) is 0 Å². The van der Waals surface area contributed by atoms with Crippen LogP contribution in [0.15, 0.2) is 47.1 Å². The molecule has 1 aromatic carbocycles. The quantitative estimate of drug-likeness (QED) is 0.563. The summed E-state index contributed by atoms with van der Waals surface area (Å²) in [6.45, 7) is 4.90. The van der Waals surface area contributed by atoms with Gasteiger partial charge in [-0.1, -0.05) is 20.8 Å². The molecule has 4 N–H and O–H groups in total. The molecule has 0 aliphatic carbocycles. The Morgan fingerprint density at radius 1 is 0.828 bits per heavy atom. The van der Waals surface area contributed by atoms with Crippen molar-refractivity contribution in [2.24, 2.45) is 5.41 Å². The molecule has 2 aromatic rings. The van der Waals surface area contributed by atoms with Gasteiger partial charge in [0, 0.05) is 16.8 Å². The maximum absolute atomic E-state index is 12.0. The minimum atomic E-state index is -0.520. The Bertz CT molecular complexity index is 867. The van der Waals surface area contributed by atoms with Crippen LogP contribution in [0, 0.1) is 5.41 Å². The van der Waals surface area contributed by atoms with Crippen LogP contribution in [-0.4, -0.2) is 36.7 Å². The molecule has 1 aromatic heterocycles. The molecule has 0 radical (unpaired) electrons. The smallest absolute Gasteiger partial charge is 0.287 e.